The fraction of sp³-hybridized carbons (Fsp3) is 0.250. The van der Waals surface area contributed by atoms with Crippen molar-refractivity contribution in [2.24, 2.45) is 5.73 Å². The predicted octanol–water partition coefficient (Wildman–Crippen LogP) is 2.01. The van der Waals surface area contributed by atoms with Gasteiger partial charge in [-0.2, -0.15) is 0 Å². The minimum absolute atomic E-state index is 0.104. The molecule has 0 unspecified atom stereocenters. The number of aryl methyl sites for hydroxylation is 1. The van der Waals surface area contributed by atoms with E-state index in [2.05, 4.69) is 10.6 Å². The van der Waals surface area contributed by atoms with E-state index in [1.807, 2.05) is 17.5 Å². The van der Waals surface area contributed by atoms with E-state index in [0.717, 1.165) is 0 Å². The van der Waals surface area contributed by atoms with Crippen molar-refractivity contribution in [1.29, 1.82) is 0 Å². The van der Waals surface area contributed by atoms with Crippen molar-refractivity contribution in [3.63, 3.8) is 0 Å². The molecule has 22 heavy (non-hydrogen) atoms. The molecule has 0 aliphatic rings. The molecule has 1 aromatic carbocycles. The molecule has 2 rings (SSSR count). The van der Waals surface area contributed by atoms with Gasteiger partial charge in [-0.1, -0.05) is 18.2 Å². The summed E-state index contributed by atoms with van der Waals surface area (Å²) in [5, 5.41) is 7.50. The molecule has 0 aliphatic heterocycles. The van der Waals surface area contributed by atoms with Gasteiger partial charge in [0, 0.05) is 24.4 Å². The minimum atomic E-state index is -0.236. The molecule has 0 fully saturated rings. The number of carbonyl (C=O) groups is 2. The molecule has 4 N–H and O–H groups in total. The van der Waals surface area contributed by atoms with Gasteiger partial charge in [0.15, 0.2) is 0 Å². The van der Waals surface area contributed by atoms with Crippen molar-refractivity contribution in [2.75, 3.05) is 18.4 Å². The Bertz CT molecular complexity index is 626. The van der Waals surface area contributed by atoms with Gasteiger partial charge in [-0.15, -0.1) is 11.3 Å². The van der Waals surface area contributed by atoms with Crippen LogP contribution in [0.2, 0.25) is 0 Å². The molecule has 0 spiro atoms. The number of anilines is 1. The van der Waals surface area contributed by atoms with Crippen LogP contribution < -0.4 is 16.4 Å². The van der Waals surface area contributed by atoms with Crippen LogP contribution in [0.15, 0.2) is 41.8 Å². The van der Waals surface area contributed by atoms with Gasteiger partial charge in [0.05, 0.1) is 11.3 Å². The number of nitrogens with one attached hydrogen (secondary N) is 2. The van der Waals surface area contributed by atoms with Gasteiger partial charge < -0.3 is 16.4 Å². The van der Waals surface area contributed by atoms with Crippen LogP contribution >= 0.6 is 11.3 Å². The molecule has 0 aliphatic carbocycles. The molecule has 1 heterocycles. The lowest BCUT2D eigenvalue weighted by molar-refractivity contribution is -0.116. The predicted molar refractivity (Wildman–Crippen MR) is 89.1 cm³/mol. The van der Waals surface area contributed by atoms with Gasteiger partial charge in [0.1, 0.15) is 0 Å². The van der Waals surface area contributed by atoms with Gasteiger partial charge in [0.25, 0.3) is 5.91 Å². The van der Waals surface area contributed by atoms with Gasteiger partial charge in [-0.25, -0.2) is 0 Å². The maximum atomic E-state index is 12.0. The molecular formula is C16H19N3O2S. The fourth-order valence-electron chi connectivity index (χ4n) is 1.98. The van der Waals surface area contributed by atoms with Crippen LogP contribution in [0.3, 0.4) is 0 Å². The molecule has 116 valence electrons. The average Bonchev–Trinajstić information content (AvgIpc) is 3.04. The van der Waals surface area contributed by atoms with Crippen molar-refractivity contribution in [2.45, 2.75) is 12.8 Å². The third kappa shape index (κ3) is 4.68. The Morgan fingerprint density at radius 2 is 1.95 bits per heavy atom. The molecule has 0 bridgehead atoms. The monoisotopic (exact) mass is 317 g/mol. The van der Waals surface area contributed by atoms with E-state index in [4.69, 9.17) is 5.73 Å². The van der Waals surface area contributed by atoms with Gasteiger partial charge in [0.2, 0.25) is 5.91 Å². The van der Waals surface area contributed by atoms with E-state index in [0.29, 0.717) is 37.2 Å². The minimum Gasteiger partial charge on any atom is -0.351 e. The Hall–Kier alpha value is -2.18. The number of hydrogen-bond donors (Lipinski definition) is 3. The summed E-state index contributed by atoms with van der Waals surface area (Å²) in [4.78, 5) is 25.2. The molecule has 2 aromatic rings. The van der Waals surface area contributed by atoms with Crippen molar-refractivity contribution < 1.29 is 9.59 Å². The maximum Gasteiger partial charge on any atom is 0.253 e. The van der Waals surface area contributed by atoms with Crippen LogP contribution in [0, 0.1) is 0 Å². The van der Waals surface area contributed by atoms with Crippen LogP contribution in [0.5, 0.6) is 0 Å². The Balaban J connectivity index is 1.96. The summed E-state index contributed by atoms with van der Waals surface area (Å²) in [5.41, 5.74) is 6.34. The summed E-state index contributed by atoms with van der Waals surface area (Å²) < 4.78 is 0. The second-order valence-electron chi connectivity index (χ2n) is 4.72. The third-order valence-corrected chi connectivity index (χ3v) is 3.99. The lowest BCUT2D eigenvalue weighted by Gasteiger charge is -2.11. The summed E-state index contributed by atoms with van der Waals surface area (Å²) in [7, 11) is 0. The Morgan fingerprint density at radius 1 is 1.14 bits per heavy atom. The quantitative estimate of drug-likeness (QED) is 0.730. The van der Waals surface area contributed by atoms with Crippen LogP contribution in [-0.2, 0) is 11.2 Å². The first-order valence-electron chi connectivity index (χ1n) is 7.10. The second-order valence-corrected chi connectivity index (χ2v) is 5.75. The largest absolute Gasteiger partial charge is 0.351 e. The SMILES string of the molecule is NCCNC(=O)c1ccccc1NC(=O)CCc1cccs1. The molecule has 0 atom stereocenters. The van der Waals surface area contributed by atoms with Crippen LogP contribution in [0.1, 0.15) is 21.7 Å². The van der Waals surface area contributed by atoms with E-state index >= 15 is 0 Å². The molecule has 1 aromatic heterocycles. The zero-order chi connectivity index (χ0) is 15.8. The summed E-state index contributed by atoms with van der Waals surface area (Å²) in [5.74, 6) is -0.341. The first-order chi connectivity index (χ1) is 10.7. The Kier molecular flexibility index (Phi) is 6.12. The van der Waals surface area contributed by atoms with E-state index in [9.17, 15) is 9.59 Å². The molecule has 0 saturated heterocycles. The number of rotatable bonds is 7. The second kappa shape index (κ2) is 8.31. The number of para-hydroxylation sites is 1. The van der Waals surface area contributed by atoms with Gasteiger partial charge >= 0.3 is 0 Å². The van der Waals surface area contributed by atoms with E-state index in [1.54, 1.807) is 35.6 Å². The molecule has 0 saturated carbocycles. The summed E-state index contributed by atoms with van der Waals surface area (Å²) in [6, 6.07) is 10.9. The lowest BCUT2D eigenvalue weighted by atomic mass is 10.1. The molecule has 6 heteroatoms. The van der Waals surface area contributed by atoms with E-state index in [1.165, 1.54) is 4.88 Å². The fourth-order valence-corrected chi connectivity index (χ4v) is 2.68. The zero-order valence-electron chi connectivity index (χ0n) is 12.2. The first-order valence-corrected chi connectivity index (χ1v) is 7.98. The molecule has 2 amide bonds. The van der Waals surface area contributed by atoms with Crippen LogP contribution in [0.4, 0.5) is 5.69 Å². The highest BCUT2D eigenvalue weighted by atomic mass is 32.1. The smallest absolute Gasteiger partial charge is 0.253 e. The molecule has 5 nitrogen and oxygen atoms in total. The average molecular weight is 317 g/mol. The van der Waals surface area contributed by atoms with Gasteiger partial charge in [-0.05, 0) is 30.0 Å². The lowest BCUT2D eigenvalue weighted by Crippen LogP contribution is -2.30. The number of amides is 2. The normalized spacial score (nSPS) is 10.2. The number of carbonyl (C=O) groups excluding carboxylic acids is 2. The summed E-state index contributed by atoms with van der Waals surface area (Å²) in [6.45, 7) is 0.778. The van der Waals surface area contributed by atoms with Gasteiger partial charge in [-0.3, -0.25) is 9.59 Å². The zero-order valence-corrected chi connectivity index (χ0v) is 13.0. The van der Waals surface area contributed by atoms with Crippen molar-refractivity contribution in [3.05, 3.63) is 52.2 Å². The van der Waals surface area contributed by atoms with Crippen LogP contribution in [0.25, 0.3) is 0 Å². The highest BCUT2D eigenvalue weighted by Gasteiger charge is 2.12. The number of hydrogen-bond acceptors (Lipinski definition) is 4. The maximum absolute atomic E-state index is 12.0. The van der Waals surface area contributed by atoms with Crippen molar-refractivity contribution in [3.8, 4) is 0 Å². The third-order valence-electron chi connectivity index (χ3n) is 3.05. The number of nitrogens with two attached hydrogens (primary N) is 1. The topological polar surface area (TPSA) is 84.2 Å². The highest BCUT2D eigenvalue weighted by molar-refractivity contribution is 7.09. The Labute approximate surface area is 133 Å². The molecular weight excluding hydrogens is 298 g/mol. The number of thiophene rings is 1. The summed E-state index contributed by atoms with van der Waals surface area (Å²) >= 11 is 1.63. The van der Waals surface area contributed by atoms with Crippen LogP contribution in [-0.4, -0.2) is 24.9 Å². The van der Waals surface area contributed by atoms with E-state index in [-0.39, 0.29) is 11.8 Å². The first kappa shape index (κ1) is 16.2. The summed E-state index contributed by atoms with van der Waals surface area (Å²) in [6.07, 6.45) is 1.09. The Morgan fingerprint density at radius 3 is 2.68 bits per heavy atom. The highest BCUT2D eigenvalue weighted by Crippen LogP contribution is 2.16. The number of benzene rings is 1. The molecule has 0 radical (unpaired) electrons. The standard InChI is InChI=1S/C16H19N3O2S/c17-9-10-18-16(21)13-5-1-2-6-14(13)19-15(20)8-7-12-4-3-11-22-12/h1-6,11H,7-10,17H2,(H,18,21)(H,19,20). The van der Waals surface area contributed by atoms with Crippen molar-refractivity contribution in [1.82, 2.24) is 5.32 Å². The van der Waals surface area contributed by atoms with E-state index < -0.39 is 0 Å². The van der Waals surface area contributed by atoms with Crippen molar-refractivity contribution >= 4 is 28.8 Å².